The molecule has 1 rings (SSSR count). The number of carbonyl (C=O) groups excluding carboxylic acids is 1. The number of primary amides is 1. The highest BCUT2D eigenvalue weighted by Gasteiger charge is 2.13. The molecule has 0 saturated heterocycles. The van der Waals surface area contributed by atoms with Gasteiger partial charge in [-0.2, -0.15) is 0 Å². The quantitative estimate of drug-likeness (QED) is 0.677. The standard InChI is InChI=1S/C12H18N2O.BrH/c1-12(2,3)6-9-14-7-4-10(5-8-14)11(13)15;/h4-5,7-8H,6,9H2,1-3H3,(H-,13,15);1H. The Morgan fingerprint density at radius 2 is 1.81 bits per heavy atom. The van der Waals surface area contributed by atoms with Crippen molar-refractivity contribution in [1.82, 2.24) is 0 Å². The molecular formula is C12H19BrN2O. The Bertz CT molecular complexity index is 341. The lowest BCUT2D eigenvalue weighted by Crippen LogP contribution is -3.00. The zero-order chi connectivity index (χ0) is 11.5. The van der Waals surface area contributed by atoms with Gasteiger partial charge in [-0.1, -0.05) is 20.8 Å². The first kappa shape index (κ1) is 15.1. The summed E-state index contributed by atoms with van der Waals surface area (Å²) < 4.78 is 2.07. The molecule has 0 spiro atoms. The molecular weight excluding hydrogens is 268 g/mol. The van der Waals surface area contributed by atoms with Gasteiger partial charge in [0.05, 0.1) is 5.56 Å². The van der Waals surface area contributed by atoms with Crippen LogP contribution in [0.1, 0.15) is 37.6 Å². The van der Waals surface area contributed by atoms with Crippen LogP contribution in [0.2, 0.25) is 0 Å². The lowest BCUT2D eigenvalue weighted by atomic mass is 9.92. The normalized spacial score (nSPS) is 10.7. The first-order chi connectivity index (χ1) is 6.88. The zero-order valence-electron chi connectivity index (χ0n) is 10.0. The molecule has 0 unspecified atom stereocenters. The predicted molar refractivity (Wildman–Crippen MR) is 59.2 cm³/mol. The molecule has 4 heteroatoms. The summed E-state index contributed by atoms with van der Waals surface area (Å²) >= 11 is 0. The molecule has 16 heavy (non-hydrogen) atoms. The molecule has 0 aliphatic carbocycles. The number of nitrogens with zero attached hydrogens (tertiary/aromatic N) is 1. The highest BCUT2D eigenvalue weighted by atomic mass is 79.9. The molecule has 1 amide bonds. The lowest BCUT2D eigenvalue weighted by Gasteiger charge is -2.15. The fourth-order valence-electron chi connectivity index (χ4n) is 1.24. The third-order valence-electron chi connectivity index (χ3n) is 2.30. The molecule has 3 nitrogen and oxygen atoms in total. The van der Waals surface area contributed by atoms with E-state index in [1.54, 1.807) is 12.1 Å². The molecule has 2 N–H and O–H groups in total. The molecule has 1 aromatic rings. The third kappa shape index (κ3) is 5.26. The average Bonchev–Trinajstić information content (AvgIpc) is 2.14. The van der Waals surface area contributed by atoms with Gasteiger partial charge in [0.15, 0.2) is 12.4 Å². The van der Waals surface area contributed by atoms with E-state index in [1.807, 2.05) is 12.4 Å². The van der Waals surface area contributed by atoms with Gasteiger partial charge < -0.3 is 22.7 Å². The maximum atomic E-state index is 10.8. The van der Waals surface area contributed by atoms with E-state index < -0.39 is 0 Å². The maximum Gasteiger partial charge on any atom is 0.249 e. The van der Waals surface area contributed by atoms with Crippen LogP contribution in [0, 0.1) is 5.41 Å². The molecule has 0 saturated carbocycles. The second-order valence-electron chi connectivity index (χ2n) is 5.00. The summed E-state index contributed by atoms with van der Waals surface area (Å²) in [6, 6.07) is 3.51. The van der Waals surface area contributed by atoms with E-state index in [2.05, 4.69) is 25.3 Å². The number of aromatic nitrogens is 1. The van der Waals surface area contributed by atoms with E-state index in [0.29, 0.717) is 11.0 Å². The van der Waals surface area contributed by atoms with Gasteiger partial charge in [0.25, 0.3) is 0 Å². The van der Waals surface area contributed by atoms with Crippen LogP contribution in [0.25, 0.3) is 0 Å². The maximum absolute atomic E-state index is 10.8. The number of pyridine rings is 1. The van der Waals surface area contributed by atoms with E-state index in [1.165, 1.54) is 0 Å². The minimum Gasteiger partial charge on any atom is -1.00 e. The van der Waals surface area contributed by atoms with E-state index in [9.17, 15) is 4.79 Å². The molecule has 1 aromatic heterocycles. The van der Waals surface area contributed by atoms with Crippen molar-refractivity contribution in [2.45, 2.75) is 33.7 Å². The van der Waals surface area contributed by atoms with Crippen LogP contribution in [0.3, 0.4) is 0 Å². The summed E-state index contributed by atoms with van der Waals surface area (Å²) in [4.78, 5) is 10.8. The van der Waals surface area contributed by atoms with Gasteiger partial charge in [0, 0.05) is 18.6 Å². The molecule has 0 bridgehead atoms. The van der Waals surface area contributed by atoms with Gasteiger partial charge in [-0.25, -0.2) is 4.57 Å². The van der Waals surface area contributed by atoms with Crippen molar-refractivity contribution in [3.8, 4) is 0 Å². The number of nitrogens with two attached hydrogens (primary N) is 1. The number of aryl methyl sites for hydroxylation is 1. The smallest absolute Gasteiger partial charge is 0.249 e. The monoisotopic (exact) mass is 286 g/mol. The van der Waals surface area contributed by atoms with Gasteiger partial charge in [-0.05, 0) is 5.41 Å². The number of carbonyl (C=O) groups is 1. The van der Waals surface area contributed by atoms with Crippen molar-refractivity contribution in [2.24, 2.45) is 11.1 Å². The SMILES string of the molecule is CC(C)(C)CC[n+]1ccc(C(N)=O)cc1.[Br-]. The van der Waals surface area contributed by atoms with Crippen LogP contribution in [-0.4, -0.2) is 5.91 Å². The van der Waals surface area contributed by atoms with Gasteiger partial charge >= 0.3 is 0 Å². The van der Waals surface area contributed by atoms with Crippen LogP contribution in [0.5, 0.6) is 0 Å². The van der Waals surface area contributed by atoms with Gasteiger partial charge in [0.2, 0.25) is 5.91 Å². The Morgan fingerprint density at radius 1 is 1.31 bits per heavy atom. The van der Waals surface area contributed by atoms with E-state index in [-0.39, 0.29) is 22.9 Å². The Balaban J connectivity index is 0.00000225. The van der Waals surface area contributed by atoms with Crippen molar-refractivity contribution < 1.29 is 26.3 Å². The zero-order valence-corrected chi connectivity index (χ0v) is 11.6. The second-order valence-corrected chi connectivity index (χ2v) is 5.00. The van der Waals surface area contributed by atoms with Crippen LogP contribution >= 0.6 is 0 Å². The van der Waals surface area contributed by atoms with E-state index >= 15 is 0 Å². The lowest BCUT2D eigenvalue weighted by molar-refractivity contribution is -0.698. The Kier molecular flexibility index (Phi) is 5.65. The molecule has 0 atom stereocenters. The van der Waals surface area contributed by atoms with E-state index in [4.69, 9.17) is 5.73 Å². The number of amides is 1. The number of hydrogen-bond donors (Lipinski definition) is 1. The molecule has 0 aliphatic rings. The first-order valence-electron chi connectivity index (χ1n) is 5.17. The second kappa shape index (κ2) is 5.99. The first-order valence-corrected chi connectivity index (χ1v) is 5.17. The minimum absolute atomic E-state index is 0. The highest BCUT2D eigenvalue weighted by Crippen LogP contribution is 2.17. The van der Waals surface area contributed by atoms with Gasteiger partial charge in [0.1, 0.15) is 6.54 Å². The molecule has 0 radical (unpaired) electrons. The Hall–Kier alpha value is -0.900. The van der Waals surface area contributed by atoms with Gasteiger partial charge in [-0.3, -0.25) is 4.79 Å². The minimum atomic E-state index is -0.377. The Morgan fingerprint density at radius 3 is 2.19 bits per heavy atom. The summed E-state index contributed by atoms with van der Waals surface area (Å²) in [6.45, 7) is 7.60. The fraction of sp³-hybridized carbons (Fsp3) is 0.500. The number of hydrogen-bond acceptors (Lipinski definition) is 1. The van der Waals surface area contributed by atoms with E-state index in [0.717, 1.165) is 13.0 Å². The summed E-state index contributed by atoms with van der Waals surface area (Å²) in [5, 5.41) is 0. The fourth-order valence-corrected chi connectivity index (χ4v) is 1.24. The molecule has 0 fully saturated rings. The summed E-state index contributed by atoms with van der Waals surface area (Å²) in [5.74, 6) is -0.377. The topological polar surface area (TPSA) is 47.0 Å². The molecule has 90 valence electrons. The predicted octanol–water partition coefficient (Wildman–Crippen LogP) is -1.49. The van der Waals surface area contributed by atoms with Crippen molar-refractivity contribution >= 4 is 5.91 Å². The van der Waals surface area contributed by atoms with Crippen LogP contribution in [-0.2, 0) is 6.54 Å². The number of halogens is 1. The highest BCUT2D eigenvalue weighted by molar-refractivity contribution is 5.92. The van der Waals surface area contributed by atoms with Crippen molar-refractivity contribution in [3.63, 3.8) is 0 Å². The van der Waals surface area contributed by atoms with Crippen molar-refractivity contribution in [3.05, 3.63) is 30.1 Å². The largest absolute Gasteiger partial charge is 1.00 e. The molecule has 1 heterocycles. The molecule has 0 aliphatic heterocycles. The van der Waals surface area contributed by atoms with Crippen molar-refractivity contribution in [2.75, 3.05) is 0 Å². The van der Waals surface area contributed by atoms with Crippen LogP contribution in [0.15, 0.2) is 24.5 Å². The summed E-state index contributed by atoms with van der Waals surface area (Å²) in [5.41, 5.74) is 6.04. The number of rotatable bonds is 3. The van der Waals surface area contributed by atoms with Gasteiger partial charge in [-0.15, -0.1) is 0 Å². The van der Waals surface area contributed by atoms with Crippen LogP contribution in [0.4, 0.5) is 0 Å². The van der Waals surface area contributed by atoms with Crippen LogP contribution < -0.4 is 27.3 Å². The summed E-state index contributed by atoms with van der Waals surface area (Å²) in [7, 11) is 0. The van der Waals surface area contributed by atoms with Crippen molar-refractivity contribution in [1.29, 1.82) is 0 Å². The average molecular weight is 287 g/mol. The summed E-state index contributed by atoms with van der Waals surface area (Å²) in [6.07, 6.45) is 4.89. The Labute approximate surface area is 107 Å². The third-order valence-corrected chi connectivity index (χ3v) is 2.30. The molecule has 0 aromatic carbocycles.